The average Bonchev–Trinajstić information content (AvgIpc) is 3.29. The van der Waals surface area contributed by atoms with E-state index in [1.807, 2.05) is 24.3 Å². The Morgan fingerprint density at radius 1 is 1.14 bits per heavy atom. The van der Waals surface area contributed by atoms with Gasteiger partial charge in [0.25, 0.3) is 5.91 Å². The minimum atomic E-state index is -0.694. The van der Waals surface area contributed by atoms with Crippen LogP contribution in [-0.2, 0) is 13.0 Å². The van der Waals surface area contributed by atoms with E-state index in [1.165, 1.54) is 12.1 Å². The van der Waals surface area contributed by atoms with Crippen LogP contribution in [0.1, 0.15) is 27.2 Å². The maximum absolute atomic E-state index is 13.5. The average molecular weight is 500 g/mol. The molecule has 0 aliphatic heterocycles. The highest BCUT2D eigenvalue weighted by Crippen LogP contribution is 2.32. The molecule has 2 aromatic heterocycles. The first-order valence-electron chi connectivity index (χ1n) is 11.8. The molecule has 0 aliphatic carbocycles. The number of allylic oxidation sites excluding steroid dienone is 4. The molecular weight excluding hydrogens is 472 g/mol. The SMILES string of the molecule is C=C/C=C\C(C=C)Cc1cc2c(Oc3cccc(C(=O)NCc4cc(F)cc(F)c4)c3C)ccnc2[nH]1. The summed E-state index contributed by atoms with van der Waals surface area (Å²) in [6.45, 7) is 9.38. The summed E-state index contributed by atoms with van der Waals surface area (Å²) in [7, 11) is 0. The van der Waals surface area contributed by atoms with Crippen LogP contribution < -0.4 is 10.1 Å². The van der Waals surface area contributed by atoms with Gasteiger partial charge in [-0.1, -0.05) is 36.9 Å². The van der Waals surface area contributed by atoms with Crippen molar-refractivity contribution in [3.05, 3.63) is 126 Å². The van der Waals surface area contributed by atoms with Crippen LogP contribution in [0.3, 0.4) is 0 Å². The van der Waals surface area contributed by atoms with Crippen LogP contribution in [0.15, 0.2) is 92.2 Å². The number of hydrogen-bond donors (Lipinski definition) is 2. The van der Waals surface area contributed by atoms with Gasteiger partial charge in [-0.2, -0.15) is 0 Å². The Labute approximate surface area is 214 Å². The van der Waals surface area contributed by atoms with Gasteiger partial charge in [0.2, 0.25) is 0 Å². The van der Waals surface area contributed by atoms with Gasteiger partial charge >= 0.3 is 0 Å². The number of halogens is 2. The van der Waals surface area contributed by atoms with E-state index in [0.29, 0.717) is 40.3 Å². The Morgan fingerprint density at radius 3 is 2.65 bits per heavy atom. The fraction of sp³-hybridized carbons (Fsp3) is 0.133. The lowest BCUT2D eigenvalue weighted by Crippen LogP contribution is -2.23. The van der Waals surface area contributed by atoms with Crippen LogP contribution >= 0.6 is 0 Å². The number of carbonyl (C=O) groups excluding carboxylic acids is 1. The molecule has 1 atom stereocenters. The minimum absolute atomic E-state index is 0.0111. The first kappa shape index (κ1) is 25.6. The van der Waals surface area contributed by atoms with Crippen molar-refractivity contribution in [2.45, 2.75) is 19.9 Å². The number of amides is 1. The maximum Gasteiger partial charge on any atom is 0.251 e. The molecule has 0 saturated heterocycles. The maximum atomic E-state index is 13.5. The molecule has 2 N–H and O–H groups in total. The monoisotopic (exact) mass is 499 g/mol. The van der Waals surface area contributed by atoms with Crippen LogP contribution in [0.4, 0.5) is 8.78 Å². The molecule has 1 amide bonds. The van der Waals surface area contributed by atoms with E-state index in [9.17, 15) is 13.6 Å². The molecule has 0 radical (unpaired) electrons. The largest absolute Gasteiger partial charge is 0.456 e. The van der Waals surface area contributed by atoms with Crippen molar-refractivity contribution in [2.24, 2.45) is 5.92 Å². The number of hydrogen-bond acceptors (Lipinski definition) is 3. The van der Waals surface area contributed by atoms with Crippen molar-refractivity contribution in [3.8, 4) is 11.5 Å². The minimum Gasteiger partial charge on any atom is -0.456 e. The Bertz CT molecular complexity index is 1470. The van der Waals surface area contributed by atoms with Crippen LogP contribution in [0.5, 0.6) is 11.5 Å². The highest BCUT2D eigenvalue weighted by molar-refractivity contribution is 5.96. The summed E-state index contributed by atoms with van der Waals surface area (Å²) in [5.41, 5.74) is 3.04. The van der Waals surface area contributed by atoms with Crippen LogP contribution in [0.25, 0.3) is 11.0 Å². The fourth-order valence-electron chi connectivity index (χ4n) is 4.04. The van der Waals surface area contributed by atoms with E-state index in [1.54, 1.807) is 43.5 Å². The third kappa shape index (κ3) is 6.19. The van der Waals surface area contributed by atoms with Gasteiger partial charge in [0, 0.05) is 41.5 Å². The number of nitrogens with one attached hydrogen (secondary N) is 2. The summed E-state index contributed by atoms with van der Waals surface area (Å²) in [4.78, 5) is 20.6. The number of aromatic nitrogens is 2. The predicted octanol–water partition coefficient (Wildman–Crippen LogP) is 6.96. The molecule has 4 aromatic rings. The van der Waals surface area contributed by atoms with Crippen molar-refractivity contribution >= 4 is 16.9 Å². The van der Waals surface area contributed by atoms with E-state index in [-0.39, 0.29) is 18.4 Å². The Kier molecular flexibility index (Phi) is 7.93. The van der Waals surface area contributed by atoms with Crippen molar-refractivity contribution < 1.29 is 18.3 Å². The number of H-pyrrole nitrogens is 1. The van der Waals surface area contributed by atoms with Gasteiger partial charge in [-0.3, -0.25) is 4.79 Å². The lowest BCUT2D eigenvalue weighted by atomic mass is 10.0. The predicted molar refractivity (Wildman–Crippen MR) is 142 cm³/mol. The summed E-state index contributed by atoms with van der Waals surface area (Å²) in [6.07, 6.45) is 9.90. The summed E-state index contributed by atoms with van der Waals surface area (Å²) in [6, 6.07) is 12.1. The Hall–Kier alpha value is -4.52. The number of nitrogens with zero attached hydrogens (tertiary/aromatic N) is 1. The van der Waals surface area contributed by atoms with Crippen molar-refractivity contribution in [3.63, 3.8) is 0 Å². The molecule has 1 unspecified atom stereocenters. The number of rotatable bonds is 10. The van der Waals surface area contributed by atoms with Crippen LogP contribution in [0, 0.1) is 24.5 Å². The van der Waals surface area contributed by atoms with E-state index < -0.39 is 11.6 Å². The number of fused-ring (bicyclic) bond motifs is 1. The fourth-order valence-corrected chi connectivity index (χ4v) is 4.04. The van der Waals surface area contributed by atoms with Gasteiger partial charge < -0.3 is 15.0 Å². The van der Waals surface area contributed by atoms with Gasteiger partial charge in [-0.15, -0.1) is 6.58 Å². The molecule has 0 aliphatic rings. The Morgan fingerprint density at radius 2 is 1.92 bits per heavy atom. The molecule has 0 bridgehead atoms. The molecule has 37 heavy (non-hydrogen) atoms. The molecule has 188 valence electrons. The highest BCUT2D eigenvalue weighted by atomic mass is 19.1. The smallest absolute Gasteiger partial charge is 0.251 e. The first-order valence-corrected chi connectivity index (χ1v) is 11.8. The summed E-state index contributed by atoms with van der Waals surface area (Å²) in [5.74, 6) is -0.518. The first-order chi connectivity index (χ1) is 17.9. The molecule has 2 heterocycles. The molecule has 4 rings (SSSR count). The summed E-state index contributed by atoms with van der Waals surface area (Å²) >= 11 is 0. The summed E-state index contributed by atoms with van der Waals surface area (Å²) < 4.78 is 33.1. The van der Waals surface area contributed by atoms with Gasteiger partial charge in [-0.05, 0) is 55.3 Å². The normalized spacial score (nSPS) is 12.0. The number of ether oxygens (including phenoxy) is 1. The highest BCUT2D eigenvalue weighted by Gasteiger charge is 2.16. The zero-order valence-corrected chi connectivity index (χ0v) is 20.4. The molecule has 0 saturated carbocycles. The topological polar surface area (TPSA) is 67.0 Å². The lowest BCUT2D eigenvalue weighted by molar-refractivity contribution is 0.0950. The molecule has 0 spiro atoms. The molecule has 0 fully saturated rings. The standard InChI is InChI=1S/C30H27F2N3O2/c1-4-6-8-20(5-2)15-24-17-26-28(11-12-33-29(26)35-24)37-27-10-7-9-25(19(27)3)30(36)34-18-21-13-22(31)16-23(32)14-21/h4-14,16-17,20H,1-2,15,18H2,3H3,(H,33,35)(H,34,36)/b8-6-. The van der Waals surface area contributed by atoms with Crippen molar-refractivity contribution in [1.82, 2.24) is 15.3 Å². The quantitative estimate of drug-likeness (QED) is 0.183. The third-order valence-electron chi connectivity index (χ3n) is 5.92. The molecule has 5 nitrogen and oxygen atoms in total. The molecule has 2 aromatic carbocycles. The second-order valence-electron chi connectivity index (χ2n) is 8.58. The number of pyridine rings is 1. The number of benzene rings is 2. The summed E-state index contributed by atoms with van der Waals surface area (Å²) in [5, 5.41) is 3.53. The van der Waals surface area contributed by atoms with E-state index in [0.717, 1.165) is 17.1 Å². The van der Waals surface area contributed by atoms with Crippen LogP contribution in [0.2, 0.25) is 0 Å². The molecule has 7 heteroatoms. The number of aromatic amines is 1. The van der Waals surface area contributed by atoms with E-state index in [4.69, 9.17) is 4.74 Å². The van der Waals surface area contributed by atoms with Gasteiger partial charge in [0.05, 0.1) is 5.39 Å². The Balaban J connectivity index is 1.53. The molecular formula is C30H27F2N3O2. The number of carbonyl (C=O) groups is 1. The zero-order chi connectivity index (χ0) is 26.4. The lowest BCUT2D eigenvalue weighted by Gasteiger charge is -2.13. The zero-order valence-electron chi connectivity index (χ0n) is 20.4. The second-order valence-corrected chi connectivity index (χ2v) is 8.58. The van der Waals surface area contributed by atoms with Gasteiger partial charge in [-0.25, -0.2) is 13.8 Å². The van der Waals surface area contributed by atoms with E-state index in [2.05, 4.69) is 28.4 Å². The van der Waals surface area contributed by atoms with Gasteiger partial charge in [0.15, 0.2) is 0 Å². The van der Waals surface area contributed by atoms with Crippen molar-refractivity contribution in [1.29, 1.82) is 0 Å². The van der Waals surface area contributed by atoms with Crippen molar-refractivity contribution in [2.75, 3.05) is 0 Å². The van der Waals surface area contributed by atoms with Crippen LogP contribution in [-0.4, -0.2) is 15.9 Å². The third-order valence-corrected chi connectivity index (χ3v) is 5.92. The van der Waals surface area contributed by atoms with Gasteiger partial charge in [0.1, 0.15) is 28.8 Å². The van der Waals surface area contributed by atoms with E-state index >= 15 is 0 Å². The second kappa shape index (κ2) is 11.5.